The normalized spacial score (nSPS) is 36.6. The largest absolute Gasteiger partial charge is 0.481 e. The standard InChI is InChI=1S/C45H66N4O9/c1-47-39(51)28-16-17-29(40(47)52)26-34(45(57)58)22-15-27(23-28)38(50)46-35-9-7-13-37(14-8-10-35)49-43(55)32-20-21-33(44(49)56)25-31-19-18-30(24-32)41(53)48(42(31)54)36-11-5-3-2-4-6-12-36/h27-37H,2-26H2,1H3,(H,46,50)(H,57,58). The molecule has 7 fully saturated rings. The lowest BCUT2D eigenvalue weighted by Crippen LogP contribution is -2.52. The Kier molecular flexibility index (Phi) is 13.7. The summed E-state index contributed by atoms with van der Waals surface area (Å²) in [7, 11) is 1.46. The van der Waals surface area contributed by atoms with E-state index in [1.807, 2.05) is 0 Å². The van der Waals surface area contributed by atoms with E-state index < -0.39 is 53.3 Å². The molecule has 13 heteroatoms. The maximum absolute atomic E-state index is 14.5. The minimum absolute atomic E-state index is 0.0941. The van der Waals surface area contributed by atoms with Crippen molar-refractivity contribution in [1.29, 1.82) is 0 Å². The molecule has 0 aromatic rings. The summed E-state index contributed by atoms with van der Waals surface area (Å²) < 4.78 is 0. The second kappa shape index (κ2) is 18.7. The monoisotopic (exact) mass is 806 g/mol. The van der Waals surface area contributed by atoms with Crippen LogP contribution in [0.25, 0.3) is 0 Å². The Hall–Kier alpha value is -3.64. The van der Waals surface area contributed by atoms with E-state index in [1.165, 1.54) is 13.5 Å². The smallest absolute Gasteiger partial charge is 0.306 e. The summed E-state index contributed by atoms with van der Waals surface area (Å²) in [6.07, 6.45) is 15.9. The van der Waals surface area contributed by atoms with Crippen LogP contribution in [0.1, 0.15) is 161 Å². The van der Waals surface area contributed by atoms with E-state index in [0.29, 0.717) is 96.3 Å². The van der Waals surface area contributed by atoms with Crippen molar-refractivity contribution in [3.05, 3.63) is 0 Å². The van der Waals surface area contributed by atoms with Crippen LogP contribution >= 0.6 is 0 Å². The minimum atomic E-state index is -0.986. The summed E-state index contributed by atoms with van der Waals surface area (Å²) in [5, 5.41) is 13.2. The molecule has 0 aromatic heterocycles. The van der Waals surface area contributed by atoms with Gasteiger partial charge in [-0.25, -0.2) is 0 Å². The topological polar surface area (TPSA) is 179 Å². The minimum Gasteiger partial charge on any atom is -0.481 e. The van der Waals surface area contributed by atoms with Gasteiger partial charge >= 0.3 is 5.97 Å². The van der Waals surface area contributed by atoms with E-state index in [4.69, 9.17) is 0 Å². The highest BCUT2D eigenvalue weighted by Gasteiger charge is 2.49. The van der Waals surface area contributed by atoms with Crippen LogP contribution in [0.3, 0.4) is 0 Å². The number of carbonyl (C=O) groups excluding carboxylic acids is 7. The molecule has 0 radical (unpaired) electrons. The maximum Gasteiger partial charge on any atom is 0.306 e. The number of rotatable bonds is 5. The Labute approximate surface area is 343 Å². The number of amides is 7. The number of carboxylic acid groups (broad SMARTS) is 1. The fourth-order valence-corrected chi connectivity index (χ4v) is 12.0. The molecule has 58 heavy (non-hydrogen) atoms. The van der Waals surface area contributed by atoms with Gasteiger partial charge in [0, 0.05) is 66.6 Å². The van der Waals surface area contributed by atoms with Crippen LogP contribution in [-0.4, -0.2) is 92.3 Å². The third-order valence-electron chi connectivity index (χ3n) is 15.5. The molecule has 7 rings (SSSR count). The molecule has 8 unspecified atom stereocenters. The highest BCUT2D eigenvalue weighted by molar-refractivity contribution is 6.02. The highest BCUT2D eigenvalue weighted by atomic mass is 16.4. The molecule has 7 amide bonds. The molecular weight excluding hydrogens is 741 g/mol. The SMILES string of the molecule is CN1C(=O)C2CCC(CC(C(=O)NC3CCCC(N4C(=O)C5CCC(CC6CCC(C5)C(=O)N(C5CCCCCCC5)C6=O)C4=O)CCC3)CCC(C(=O)O)C2)C1=O. The van der Waals surface area contributed by atoms with Gasteiger partial charge in [0.1, 0.15) is 0 Å². The first kappa shape index (κ1) is 42.5. The second-order valence-electron chi connectivity index (χ2n) is 19.2. The Morgan fingerprint density at radius 1 is 0.448 bits per heavy atom. The van der Waals surface area contributed by atoms with Crippen LogP contribution < -0.4 is 5.32 Å². The molecule has 4 aliphatic carbocycles. The lowest BCUT2D eigenvalue weighted by atomic mass is 9.79. The zero-order valence-electron chi connectivity index (χ0n) is 34.6. The second-order valence-corrected chi connectivity index (χ2v) is 19.2. The van der Waals surface area contributed by atoms with Gasteiger partial charge in [-0.3, -0.25) is 53.1 Å². The molecule has 3 heterocycles. The summed E-state index contributed by atoms with van der Waals surface area (Å²) in [5.74, 6) is -6.32. The number of likely N-dealkylation sites (tertiary alicyclic amines) is 3. The number of carboxylic acids is 1. The Balaban J connectivity index is 1.01. The Morgan fingerprint density at radius 2 is 0.810 bits per heavy atom. The van der Waals surface area contributed by atoms with Crippen molar-refractivity contribution >= 4 is 47.3 Å². The third kappa shape index (κ3) is 9.23. The molecule has 320 valence electrons. The van der Waals surface area contributed by atoms with Gasteiger partial charge in [-0.05, 0) is 128 Å². The zero-order chi connectivity index (χ0) is 41.1. The molecule has 3 aliphatic heterocycles. The summed E-state index contributed by atoms with van der Waals surface area (Å²) >= 11 is 0. The molecular formula is C45H66N4O9. The zero-order valence-corrected chi connectivity index (χ0v) is 34.6. The number of carbonyl (C=O) groups is 8. The van der Waals surface area contributed by atoms with E-state index in [0.717, 1.165) is 43.4 Å². The van der Waals surface area contributed by atoms with Gasteiger partial charge < -0.3 is 10.4 Å². The van der Waals surface area contributed by atoms with Crippen LogP contribution in [0.2, 0.25) is 0 Å². The van der Waals surface area contributed by atoms with E-state index in [9.17, 15) is 43.5 Å². The number of nitrogens with one attached hydrogen (secondary N) is 1. The van der Waals surface area contributed by atoms with Gasteiger partial charge in [-0.1, -0.05) is 32.1 Å². The van der Waals surface area contributed by atoms with E-state index >= 15 is 0 Å². The number of hydrogen-bond acceptors (Lipinski definition) is 8. The maximum atomic E-state index is 14.5. The van der Waals surface area contributed by atoms with Gasteiger partial charge in [-0.2, -0.15) is 0 Å². The first-order valence-corrected chi connectivity index (χ1v) is 23.0. The number of nitrogens with zero attached hydrogens (tertiary/aromatic N) is 3. The van der Waals surface area contributed by atoms with Crippen molar-refractivity contribution in [1.82, 2.24) is 20.0 Å². The molecule has 13 nitrogen and oxygen atoms in total. The third-order valence-corrected chi connectivity index (χ3v) is 15.5. The van der Waals surface area contributed by atoms with Crippen LogP contribution in [0.5, 0.6) is 0 Å². The number of hydrogen-bond donors (Lipinski definition) is 2. The van der Waals surface area contributed by atoms with Gasteiger partial charge in [-0.15, -0.1) is 0 Å². The van der Waals surface area contributed by atoms with Gasteiger partial charge in [0.15, 0.2) is 0 Å². The fraction of sp³-hybridized carbons (Fsp3) is 0.822. The van der Waals surface area contributed by atoms with Crippen molar-refractivity contribution in [3.63, 3.8) is 0 Å². The van der Waals surface area contributed by atoms with Crippen molar-refractivity contribution < 1.29 is 43.5 Å². The van der Waals surface area contributed by atoms with Crippen LogP contribution in [-0.2, 0) is 38.4 Å². The average Bonchev–Trinajstić information content (AvgIpc) is 3.43. The number of aliphatic carboxylic acids is 1. The molecule has 6 bridgehead atoms. The van der Waals surface area contributed by atoms with Crippen LogP contribution in [0.15, 0.2) is 0 Å². The predicted molar refractivity (Wildman–Crippen MR) is 212 cm³/mol. The Morgan fingerprint density at radius 3 is 1.24 bits per heavy atom. The first-order chi connectivity index (χ1) is 27.9. The summed E-state index contributed by atoms with van der Waals surface area (Å²) in [5.41, 5.74) is 0. The van der Waals surface area contributed by atoms with E-state index in [1.54, 1.807) is 9.80 Å². The first-order valence-electron chi connectivity index (χ1n) is 23.0. The van der Waals surface area contributed by atoms with Crippen LogP contribution in [0, 0.1) is 47.3 Å². The lowest BCUT2D eigenvalue weighted by Gasteiger charge is -2.37. The predicted octanol–water partition coefficient (Wildman–Crippen LogP) is 5.77. The van der Waals surface area contributed by atoms with E-state index in [2.05, 4.69) is 5.32 Å². The number of imide groups is 3. The van der Waals surface area contributed by atoms with Gasteiger partial charge in [0.25, 0.3) is 0 Å². The summed E-state index contributed by atoms with van der Waals surface area (Å²) in [6, 6.07) is -0.516. The van der Waals surface area contributed by atoms with E-state index in [-0.39, 0.29) is 78.7 Å². The van der Waals surface area contributed by atoms with Crippen molar-refractivity contribution in [3.8, 4) is 0 Å². The van der Waals surface area contributed by atoms with Crippen molar-refractivity contribution in [2.45, 2.75) is 179 Å². The van der Waals surface area contributed by atoms with Crippen molar-refractivity contribution in [2.75, 3.05) is 7.05 Å². The molecule has 4 saturated carbocycles. The van der Waals surface area contributed by atoms with Crippen LogP contribution in [0.4, 0.5) is 0 Å². The molecule has 3 saturated heterocycles. The Bertz CT molecular complexity index is 1550. The average molecular weight is 807 g/mol. The van der Waals surface area contributed by atoms with Crippen molar-refractivity contribution in [2.24, 2.45) is 47.3 Å². The fourth-order valence-electron chi connectivity index (χ4n) is 12.0. The molecule has 8 atom stereocenters. The van der Waals surface area contributed by atoms with Gasteiger partial charge in [0.05, 0.1) is 5.92 Å². The van der Waals surface area contributed by atoms with Gasteiger partial charge in [0.2, 0.25) is 41.4 Å². The highest BCUT2D eigenvalue weighted by Crippen LogP contribution is 2.42. The molecule has 2 N–H and O–H groups in total. The summed E-state index contributed by atoms with van der Waals surface area (Å²) in [6.45, 7) is 0. The molecule has 0 spiro atoms. The number of fused-ring (bicyclic) bond motifs is 9. The quantitative estimate of drug-likeness (QED) is 0.327. The molecule has 7 aliphatic rings. The summed E-state index contributed by atoms with van der Waals surface area (Å²) in [4.78, 5) is 114. The lowest BCUT2D eigenvalue weighted by molar-refractivity contribution is -0.155. The molecule has 0 aromatic carbocycles.